The third-order valence-electron chi connectivity index (χ3n) is 4.23. The number of carboxylic acid groups (broad SMARTS) is 1. The van der Waals surface area contributed by atoms with Gasteiger partial charge >= 0.3 is 5.97 Å². The molecular weight excluding hydrogens is 332 g/mol. The van der Waals surface area contributed by atoms with Gasteiger partial charge in [-0.25, -0.2) is 13.2 Å². The summed E-state index contributed by atoms with van der Waals surface area (Å²) in [6.07, 6.45) is 1.50. The molecule has 1 fully saturated rings. The zero-order valence-corrected chi connectivity index (χ0v) is 14.8. The molecule has 0 amide bonds. The fourth-order valence-corrected chi connectivity index (χ4v) is 4.54. The normalized spacial score (nSPS) is 23.2. The van der Waals surface area contributed by atoms with Crippen LogP contribution in [0.1, 0.15) is 29.6 Å². The first-order valence-electron chi connectivity index (χ1n) is 7.85. The molecule has 0 bridgehead atoms. The van der Waals surface area contributed by atoms with Crippen LogP contribution in [-0.2, 0) is 10.0 Å². The fourth-order valence-electron chi connectivity index (χ4n) is 3.06. The van der Waals surface area contributed by atoms with E-state index in [9.17, 15) is 18.3 Å². The van der Waals surface area contributed by atoms with Gasteiger partial charge in [0.2, 0.25) is 10.0 Å². The Bertz CT molecular complexity index is 687. The van der Waals surface area contributed by atoms with Gasteiger partial charge in [-0.2, -0.15) is 4.31 Å². The van der Waals surface area contributed by atoms with Gasteiger partial charge in [0.1, 0.15) is 0 Å². The van der Waals surface area contributed by atoms with E-state index in [-0.39, 0.29) is 17.0 Å². The van der Waals surface area contributed by atoms with Crippen molar-refractivity contribution < 1.29 is 23.4 Å². The molecule has 0 aliphatic carbocycles. The van der Waals surface area contributed by atoms with Crippen LogP contribution < -0.4 is 0 Å². The Morgan fingerprint density at radius 1 is 1.21 bits per heavy atom. The molecule has 2 N–H and O–H groups in total. The summed E-state index contributed by atoms with van der Waals surface area (Å²) in [5.74, 6) is -1.09. The van der Waals surface area contributed by atoms with E-state index in [4.69, 9.17) is 5.11 Å². The molecule has 1 aliphatic heterocycles. The summed E-state index contributed by atoms with van der Waals surface area (Å²) in [7, 11) is 0.0619. The second kappa shape index (κ2) is 7.18. The van der Waals surface area contributed by atoms with Crippen LogP contribution in [0.3, 0.4) is 0 Å². The Morgan fingerprint density at radius 2 is 1.83 bits per heavy atom. The molecule has 2 rings (SSSR count). The van der Waals surface area contributed by atoms with Crippen molar-refractivity contribution >= 4 is 16.0 Å². The minimum atomic E-state index is -3.69. The van der Waals surface area contributed by atoms with Crippen molar-refractivity contribution in [1.29, 1.82) is 0 Å². The maximum atomic E-state index is 12.7. The van der Waals surface area contributed by atoms with Crippen LogP contribution in [0.25, 0.3) is 0 Å². The number of carbonyl (C=O) groups is 1. The molecule has 1 aromatic rings. The number of aromatic carboxylic acids is 1. The number of hydrogen-bond acceptors (Lipinski definition) is 5. The molecule has 24 heavy (non-hydrogen) atoms. The summed E-state index contributed by atoms with van der Waals surface area (Å²) in [5.41, 5.74) is -0.842. The highest BCUT2D eigenvalue weighted by Gasteiger charge is 2.34. The third kappa shape index (κ3) is 4.32. The first-order chi connectivity index (χ1) is 11.1. The molecule has 1 aliphatic rings. The largest absolute Gasteiger partial charge is 0.478 e. The van der Waals surface area contributed by atoms with Gasteiger partial charge in [-0.05, 0) is 57.6 Å². The first kappa shape index (κ1) is 18.9. The zero-order chi connectivity index (χ0) is 18.0. The predicted octanol–water partition coefficient (Wildman–Crippen LogP) is 0.852. The number of hydrogen-bond donors (Lipinski definition) is 2. The highest BCUT2D eigenvalue weighted by atomic mass is 32.2. The molecule has 1 heterocycles. The minimum Gasteiger partial charge on any atom is -0.478 e. The van der Waals surface area contributed by atoms with E-state index in [0.717, 1.165) is 0 Å². The van der Waals surface area contributed by atoms with Crippen LogP contribution >= 0.6 is 0 Å². The number of carboxylic acids is 1. The number of rotatable bonds is 5. The second-order valence-corrected chi connectivity index (χ2v) is 8.49. The van der Waals surface area contributed by atoms with Gasteiger partial charge < -0.3 is 15.1 Å². The van der Waals surface area contributed by atoms with E-state index in [1.165, 1.54) is 28.6 Å². The lowest BCUT2D eigenvalue weighted by molar-refractivity contribution is 0.00404. The van der Waals surface area contributed by atoms with E-state index in [2.05, 4.69) is 0 Å². The number of aliphatic hydroxyl groups is 1. The maximum Gasteiger partial charge on any atom is 0.335 e. The molecule has 0 radical (unpaired) electrons. The summed E-state index contributed by atoms with van der Waals surface area (Å²) < 4.78 is 26.9. The van der Waals surface area contributed by atoms with Crippen LogP contribution in [0.5, 0.6) is 0 Å². The summed E-state index contributed by atoms with van der Waals surface area (Å²) in [4.78, 5) is 12.8. The van der Waals surface area contributed by atoms with Crippen molar-refractivity contribution in [1.82, 2.24) is 9.21 Å². The van der Waals surface area contributed by atoms with Gasteiger partial charge in [0.25, 0.3) is 0 Å². The van der Waals surface area contributed by atoms with Gasteiger partial charge in [-0.1, -0.05) is 0 Å². The van der Waals surface area contributed by atoms with Crippen molar-refractivity contribution in [3.8, 4) is 0 Å². The number of sulfonamides is 1. The van der Waals surface area contributed by atoms with Crippen molar-refractivity contribution in [3.05, 3.63) is 29.8 Å². The third-order valence-corrected chi connectivity index (χ3v) is 6.14. The highest BCUT2D eigenvalue weighted by molar-refractivity contribution is 7.89. The molecule has 0 unspecified atom stereocenters. The first-order valence-corrected chi connectivity index (χ1v) is 9.29. The molecule has 8 heteroatoms. The van der Waals surface area contributed by atoms with Crippen molar-refractivity contribution in [2.24, 2.45) is 0 Å². The van der Waals surface area contributed by atoms with Crippen LogP contribution in [0, 0.1) is 0 Å². The van der Waals surface area contributed by atoms with E-state index in [0.29, 0.717) is 32.4 Å². The number of likely N-dealkylation sites (N-methyl/N-ethyl adjacent to an activating group) is 1. The van der Waals surface area contributed by atoms with Gasteiger partial charge in [-0.15, -0.1) is 0 Å². The van der Waals surface area contributed by atoms with Gasteiger partial charge in [0.05, 0.1) is 16.1 Å². The Balaban J connectivity index is 2.16. The predicted molar refractivity (Wildman–Crippen MR) is 89.5 cm³/mol. The monoisotopic (exact) mass is 356 g/mol. The van der Waals surface area contributed by atoms with Crippen LogP contribution in [0.2, 0.25) is 0 Å². The fraction of sp³-hybridized carbons (Fsp3) is 0.562. The van der Waals surface area contributed by atoms with E-state index < -0.39 is 21.6 Å². The molecule has 1 saturated heterocycles. The van der Waals surface area contributed by atoms with Crippen molar-refractivity contribution in [2.45, 2.75) is 29.8 Å². The van der Waals surface area contributed by atoms with E-state index in [1.807, 2.05) is 19.0 Å². The molecule has 1 aromatic carbocycles. The maximum absolute atomic E-state index is 12.7. The Hall–Kier alpha value is -1.48. The number of nitrogens with zero attached hydrogens (tertiary/aromatic N) is 2. The Labute approximate surface area is 142 Å². The quantitative estimate of drug-likeness (QED) is 0.812. The summed E-state index contributed by atoms with van der Waals surface area (Å²) >= 11 is 0. The SMILES string of the molecule is CN(C)C[C@@]1(O)CCCN(S(=O)(=O)c2ccc(C(=O)O)cc2)CC1. The molecule has 0 spiro atoms. The van der Waals surface area contributed by atoms with Crippen LogP contribution in [0.4, 0.5) is 0 Å². The van der Waals surface area contributed by atoms with Gasteiger partial charge in [0, 0.05) is 19.6 Å². The smallest absolute Gasteiger partial charge is 0.335 e. The second-order valence-electron chi connectivity index (χ2n) is 6.55. The standard InChI is InChI=1S/C16H24N2O5S/c1-17(2)12-16(21)8-3-10-18(11-9-16)24(22,23)14-6-4-13(5-7-14)15(19)20/h4-7,21H,3,8-12H2,1-2H3,(H,19,20)/t16-/m1/s1. The van der Waals surface area contributed by atoms with E-state index >= 15 is 0 Å². The average molecular weight is 356 g/mol. The summed E-state index contributed by atoms with van der Waals surface area (Å²) in [6.45, 7) is 1.08. The topological polar surface area (TPSA) is 98.2 Å². The zero-order valence-electron chi connectivity index (χ0n) is 14.0. The molecule has 0 saturated carbocycles. The average Bonchev–Trinajstić information content (AvgIpc) is 2.68. The lowest BCUT2D eigenvalue weighted by atomic mass is 9.94. The highest BCUT2D eigenvalue weighted by Crippen LogP contribution is 2.26. The number of benzene rings is 1. The van der Waals surface area contributed by atoms with Crippen molar-refractivity contribution in [3.63, 3.8) is 0 Å². The van der Waals surface area contributed by atoms with Crippen LogP contribution in [-0.4, -0.2) is 73.1 Å². The summed E-state index contributed by atoms with van der Waals surface area (Å²) in [6, 6.07) is 5.20. The molecule has 134 valence electrons. The summed E-state index contributed by atoms with van der Waals surface area (Å²) in [5, 5.41) is 19.5. The molecule has 1 atom stereocenters. The van der Waals surface area contributed by atoms with Crippen molar-refractivity contribution in [2.75, 3.05) is 33.7 Å². The lowest BCUT2D eigenvalue weighted by Crippen LogP contribution is -2.41. The Morgan fingerprint density at radius 3 is 2.38 bits per heavy atom. The molecule has 0 aromatic heterocycles. The van der Waals surface area contributed by atoms with Crippen LogP contribution in [0.15, 0.2) is 29.2 Å². The lowest BCUT2D eigenvalue weighted by Gasteiger charge is -2.29. The van der Waals surface area contributed by atoms with Gasteiger partial charge in [-0.3, -0.25) is 0 Å². The van der Waals surface area contributed by atoms with Gasteiger partial charge in [0.15, 0.2) is 0 Å². The minimum absolute atomic E-state index is 0.0465. The molecule has 7 nitrogen and oxygen atoms in total. The van der Waals surface area contributed by atoms with E-state index in [1.54, 1.807) is 0 Å². The molecular formula is C16H24N2O5S. The Kier molecular flexibility index (Phi) is 5.64.